The number of halogens is 2. The molecular formula is C11H13Br2NO. The van der Waals surface area contributed by atoms with Crippen molar-refractivity contribution in [2.24, 2.45) is 0 Å². The fraction of sp³-hybridized carbons (Fsp3) is 0.455. The van der Waals surface area contributed by atoms with E-state index >= 15 is 0 Å². The molecule has 1 aromatic carbocycles. The lowest BCUT2D eigenvalue weighted by Crippen LogP contribution is -2.27. The zero-order chi connectivity index (χ0) is 10.8. The Kier molecular flexibility index (Phi) is 3.69. The van der Waals surface area contributed by atoms with E-state index in [2.05, 4.69) is 50.2 Å². The highest BCUT2D eigenvalue weighted by atomic mass is 79.9. The molecule has 0 fully saturated rings. The molecule has 2 rings (SSSR count). The second-order valence-corrected chi connectivity index (χ2v) is 5.32. The van der Waals surface area contributed by atoms with E-state index in [1.54, 1.807) is 0 Å². The summed E-state index contributed by atoms with van der Waals surface area (Å²) < 4.78 is 7.79. The van der Waals surface area contributed by atoms with Crippen LogP contribution in [0.15, 0.2) is 21.1 Å². The number of fused-ring (bicyclic) bond motifs is 1. The first kappa shape index (κ1) is 11.4. The largest absolute Gasteiger partial charge is 0.492 e. The molecule has 1 heterocycles. The molecular weight excluding hydrogens is 322 g/mol. The first-order valence-corrected chi connectivity index (χ1v) is 6.66. The van der Waals surface area contributed by atoms with Crippen molar-refractivity contribution in [2.45, 2.75) is 19.4 Å². The first-order chi connectivity index (χ1) is 7.22. The van der Waals surface area contributed by atoms with Gasteiger partial charge in [0.2, 0.25) is 0 Å². The zero-order valence-corrected chi connectivity index (χ0v) is 11.7. The van der Waals surface area contributed by atoms with Crippen molar-refractivity contribution in [3.8, 4) is 5.75 Å². The molecule has 2 nitrogen and oxygen atoms in total. The molecule has 0 aliphatic carbocycles. The lowest BCUT2D eigenvalue weighted by Gasteiger charge is -2.27. The Morgan fingerprint density at radius 3 is 3.00 bits per heavy atom. The smallest absolute Gasteiger partial charge is 0.138 e. The SMILES string of the molecule is CCNC1CCOc2c(Br)cc(Br)cc21. The van der Waals surface area contributed by atoms with Crippen LogP contribution in [0.2, 0.25) is 0 Å². The normalized spacial score (nSPS) is 19.5. The molecule has 1 aliphatic heterocycles. The minimum atomic E-state index is 0.410. The zero-order valence-electron chi connectivity index (χ0n) is 8.52. The van der Waals surface area contributed by atoms with Crippen LogP contribution in [0.25, 0.3) is 0 Å². The predicted octanol–water partition coefficient (Wildman–Crippen LogP) is 3.64. The third-order valence-corrected chi connectivity index (χ3v) is 3.56. The summed E-state index contributed by atoms with van der Waals surface area (Å²) in [6.45, 7) is 3.89. The maximum absolute atomic E-state index is 5.68. The van der Waals surface area contributed by atoms with Gasteiger partial charge >= 0.3 is 0 Å². The first-order valence-electron chi connectivity index (χ1n) is 5.07. The van der Waals surface area contributed by atoms with Crippen LogP contribution in [0.5, 0.6) is 5.75 Å². The molecule has 1 N–H and O–H groups in total. The topological polar surface area (TPSA) is 21.3 Å². The lowest BCUT2D eigenvalue weighted by atomic mass is 10.0. The number of ether oxygens (including phenoxy) is 1. The number of hydrogen-bond acceptors (Lipinski definition) is 2. The molecule has 1 aromatic rings. The average molecular weight is 335 g/mol. The quantitative estimate of drug-likeness (QED) is 0.891. The van der Waals surface area contributed by atoms with Crippen molar-refractivity contribution >= 4 is 31.9 Å². The molecule has 0 saturated carbocycles. The van der Waals surface area contributed by atoms with Gasteiger partial charge in [0, 0.05) is 22.5 Å². The van der Waals surface area contributed by atoms with Gasteiger partial charge in [0.1, 0.15) is 5.75 Å². The Bertz CT molecular complexity index is 368. The number of nitrogens with one attached hydrogen (secondary N) is 1. The molecule has 82 valence electrons. The van der Waals surface area contributed by atoms with Crippen molar-refractivity contribution in [1.82, 2.24) is 5.32 Å². The van der Waals surface area contributed by atoms with E-state index in [0.29, 0.717) is 6.04 Å². The Labute approximate surface area is 107 Å². The molecule has 0 aromatic heterocycles. The van der Waals surface area contributed by atoms with Crippen molar-refractivity contribution in [2.75, 3.05) is 13.2 Å². The second-order valence-electron chi connectivity index (χ2n) is 3.55. The predicted molar refractivity (Wildman–Crippen MR) is 68.4 cm³/mol. The van der Waals surface area contributed by atoms with Crippen molar-refractivity contribution in [3.05, 3.63) is 26.6 Å². The highest BCUT2D eigenvalue weighted by molar-refractivity contribution is 9.11. The van der Waals surface area contributed by atoms with Gasteiger partial charge in [-0.1, -0.05) is 22.9 Å². The summed E-state index contributed by atoms with van der Waals surface area (Å²) in [5, 5.41) is 3.47. The van der Waals surface area contributed by atoms with Crippen LogP contribution in [-0.4, -0.2) is 13.2 Å². The van der Waals surface area contributed by atoms with Crippen LogP contribution in [0, 0.1) is 0 Å². The van der Waals surface area contributed by atoms with Gasteiger partial charge in [0.05, 0.1) is 11.1 Å². The fourth-order valence-corrected chi connectivity index (χ4v) is 3.26. The van der Waals surface area contributed by atoms with E-state index < -0.39 is 0 Å². The summed E-state index contributed by atoms with van der Waals surface area (Å²) in [4.78, 5) is 0. The maximum atomic E-state index is 5.68. The summed E-state index contributed by atoms with van der Waals surface area (Å²) in [6.07, 6.45) is 1.03. The molecule has 1 unspecified atom stereocenters. The summed E-state index contributed by atoms with van der Waals surface area (Å²) in [5.41, 5.74) is 1.24. The van der Waals surface area contributed by atoms with Crippen molar-refractivity contribution in [1.29, 1.82) is 0 Å². The summed E-state index contributed by atoms with van der Waals surface area (Å²) >= 11 is 7.04. The Morgan fingerprint density at radius 1 is 1.47 bits per heavy atom. The van der Waals surface area contributed by atoms with Gasteiger partial charge < -0.3 is 10.1 Å². The van der Waals surface area contributed by atoms with E-state index in [4.69, 9.17) is 4.74 Å². The van der Waals surface area contributed by atoms with Gasteiger partial charge in [-0.15, -0.1) is 0 Å². The molecule has 0 radical (unpaired) electrons. The average Bonchev–Trinajstić information content (AvgIpc) is 2.19. The van der Waals surface area contributed by atoms with Gasteiger partial charge in [0.15, 0.2) is 0 Å². The van der Waals surface area contributed by atoms with Crippen LogP contribution in [0.3, 0.4) is 0 Å². The highest BCUT2D eigenvalue weighted by Gasteiger charge is 2.22. The second kappa shape index (κ2) is 4.85. The van der Waals surface area contributed by atoms with Gasteiger partial charge in [-0.05, 0) is 34.6 Å². The third-order valence-electron chi connectivity index (χ3n) is 2.52. The van der Waals surface area contributed by atoms with Crippen molar-refractivity contribution < 1.29 is 4.74 Å². The monoisotopic (exact) mass is 333 g/mol. The minimum Gasteiger partial charge on any atom is -0.492 e. The van der Waals surface area contributed by atoms with Gasteiger partial charge in [-0.3, -0.25) is 0 Å². The molecule has 0 spiro atoms. The van der Waals surface area contributed by atoms with E-state index in [1.165, 1.54) is 5.56 Å². The van der Waals surface area contributed by atoms with Crippen LogP contribution in [0.4, 0.5) is 0 Å². The van der Waals surface area contributed by atoms with E-state index in [9.17, 15) is 0 Å². The molecule has 1 atom stereocenters. The van der Waals surface area contributed by atoms with E-state index in [-0.39, 0.29) is 0 Å². The van der Waals surface area contributed by atoms with E-state index in [1.807, 2.05) is 6.07 Å². The van der Waals surface area contributed by atoms with Crippen LogP contribution >= 0.6 is 31.9 Å². The number of hydrogen-bond donors (Lipinski definition) is 1. The standard InChI is InChI=1S/C11H13Br2NO/c1-2-14-10-3-4-15-11-8(10)5-7(12)6-9(11)13/h5-6,10,14H,2-4H2,1H3. The Hall–Kier alpha value is -0.0600. The van der Waals surface area contributed by atoms with Crippen molar-refractivity contribution in [3.63, 3.8) is 0 Å². The van der Waals surface area contributed by atoms with Gasteiger partial charge in [-0.25, -0.2) is 0 Å². The molecule has 4 heteroatoms. The Morgan fingerprint density at radius 2 is 2.27 bits per heavy atom. The lowest BCUT2D eigenvalue weighted by molar-refractivity contribution is 0.252. The highest BCUT2D eigenvalue weighted by Crippen LogP contribution is 2.39. The minimum absolute atomic E-state index is 0.410. The molecule has 0 saturated heterocycles. The summed E-state index contributed by atoms with van der Waals surface area (Å²) in [5.74, 6) is 0.982. The Balaban J connectivity index is 2.41. The molecule has 0 bridgehead atoms. The molecule has 15 heavy (non-hydrogen) atoms. The molecule has 1 aliphatic rings. The number of benzene rings is 1. The van der Waals surface area contributed by atoms with Crippen LogP contribution in [0.1, 0.15) is 24.9 Å². The van der Waals surface area contributed by atoms with Gasteiger partial charge in [0.25, 0.3) is 0 Å². The number of rotatable bonds is 2. The molecule has 0 amide bonds. The fourth-order valence-electron chi connectivity index (χ4n) is 1.88. The van der Waals surface area contributed by atoms with Crippen LogP contribution < -0.4 is 10.1 Å². The van der Waals surface area contributed by atoms with Crippen LogP contribution in [-0.2, 0) is 0 Å². The maximum Gasteiger partial charge on any atom is 0.138 e. The third kappa shape index (κ3) is 2.37. The summed E-state index contributed by atoms with van der Waals surface area (Å²) in [6, 6.07) is 4.56. The van der Waals surface area contributed by atoms with Gasteiger partial charge in [-0.2, -0.15) is 0 Å². The van der Waals surface area contributed by atoms with E-state index in [0.717, 1.165) is 34.3 Å². The summed E-state index contributed by atoms with van der Waals surface area (Å²) in [7, 11) is 0.